The van der Waals surface area contributed by atoms with Gasteiger partial charge in [0.05, 0.1) is 4.75 Å². The van der Waals surface area contributed by atoms with E-state index in [-0.39, 0.29) is 4.75 Å². The van der Waals surface area contributed by atoms with Crippen molar-refractivity contribution in [2.75, 3.05) is 6.26 Å². The van der Waals surface area contributed by atoms with Crippen LogP contribution in [0.5, 0.6) is 0 Å². The summed E-state index contributed by atoms with van der Waals surface area (Å²) in [5, 5.41) is 0. The summed E-state index contributed by atoms with van der Waals surface area (Å²) in [6.07, 6.45) is 5.16. The zero-order valence-corrected chi connectivity index (χ0v) is 7.69. The second-order valence-corrected chi connectivity index (χ2v) is 4.21. The summed E-state index contributed by atoms with van der Waals surface area (Å²) in [5.41, 5.74) is 0. The van der Waals surface area contributed by atoms with Gasteiger partial charge in [0.25, 0.3) is 0 Å². The molecule has 0 aromatic carbocycles. The Bertz CT molecular complexity index is 299. The maximum absolute atomic E-state index is 10.4. The Morgan fingerprint density at radius 2 is 2.33 bits per heavy atom. The fourth-order valence-electron chi connectivity index (χ4n) is 1.33. The first-order valence-electron chi connectivity index (χ1n) is 3.91. The summed E-state index contributed by atoms with van der Waals surface area (Å²) < 4.78 is 5.56. The molecule has 1 heterocycles. The number of thioether (sulfide) groups is 1. The molecule has 0 amide bonds. The predicted octanol–water partition coefficient (Wildman–Crippen LogP) is 2.44. The third kappa shape index (κ3) is 1.08. The number of aldehydes is 1. The van der Waals surface area contributed by atoms with Gasteiger partial charge in [-0.25, -0.2) is 0 Å². The first kappa shape index (κ1) is 7.92. The zero-order valence-electron chi connectivity index (χ0n) is 6.87. The van der Waals surface area contributed by atoms with Crippen molar-refractivity contribution in [3.63, 3.8) is 0 Å². The molecule has 1 aromatic heterocycles. The normalized spacial score (nSPS) is 19.1. The van der Waals surface area contributed by atoms with Gasteiger partial charge in [0.15, 0.2) is 12.0 Å². The highest BCUT2D eigenvalue weighted by Gasteiger charge is 2.46. The van der Waals surface area contributed by atoms with Crippen LogP contribution in [-0.2, 0) is 4.75 Å². The highest BCUT2D eigenvalue weighted by molar-refractivity contribution is 7.99. The maximum Gasteiger partial charge on any atom is 0.185 e. The lowest BCUT2D eigenvalue weighted by Crippen LogP contribution is -1.96. The summed E-state index contributed by atoms with van der Waals surface area (Å²) in [6, 6.07) is 3.64. The highest BCUT2D eigenvalue weighted by atomic mass is 32.2. The van der Waals surface area contributed by atoms with Gasteiger partial charge in [-0.3, -0.25) is 4.79 Å². The summed E-state index contributed by atoms with van der Waals surface area (Å²) in [6.45, 7) is 0. The smallest absolute Gasteiger partial charge is 0.185 e. The van der Waals surface area contributed by atoms with Crippen LogP contribution in [0, 0.1) is 0 Å². The summed E-state index contributed by atoms with van der Waals surface area (Å²) in [7, 11) is 0. The molecule has 1 fully saturated rings. The van der Waals surface area contributed by atoms with Crippen molar-refractivity contribution in [2.24, 2.45) is 0 Å². The third-order valence-electron chi connectivity index (χ3n) is 2.29. The van der Waals surface area contributed by atoms with Gasteiger partial charge in [-0.05, 0) is 31.2 Å². The molecule has 0 saturated heterocycles. The number of hydrogen-bond acceptors (Lipinski definition) is 3. The molecule has 0 N–H and O–H groups in total. The Morgan fingerprint density at radius 3 is 2.75 bits per heavy atom. The van der Waals surface area contributed by atoms with Gasteiger partial charge in [-0.1, -0.05) is 0 Å². The van der Waals surface area contributed by atoms with Crippen LogP contribution in [0.3, 0.4) is 0 Å². The molecule has 1 aromatic rings. The molecule has 3 heteroatoms. The van der Waals surface area contributed by atoms with E-state index in [1.807, 2.05) is 6.07 Å². The monoisotopic (exact) mass is 182 g/mol. The van der Waals surface area contributed by atoms with Crippen LogP contribution in [0.15, 0.2) is 16.5 Å². The molecule has 0 atom stereocenters. The van der Waals surface area contributed by atoms with E-state index in [2.05, 4.69) is 6.26 Å². The molecule has 2 nitrogen and oxygen atoms in total. The van der Waals surface area contributed by atoms with Gasteiger partial charge in [-0.15, -0.1) is 0 Å². The van der Waals surface area contributed by atoms with Gasteiger partial charge in [0.1, 0.15) is 5.76 Å². The summed E-state index contributed by atoms with van der Waals surface area (Å²) in [4.78, 5) is 10.4. The zero-order chi connectivity index (χ0) is 8.60. The van der Waals surface area contributed by atoms with Crippen LogP contribution in [0.2, 0.25) is 0 Å². The highest BCUT2D eigenvalue weighted by Crippen LogP contribution is 2.56. The molecule has 0 unspecified atom stereocenters. The fraction of sp³-hybridized carbons (Fsp3) is 0.444. The average Bonchev–Trinajstić information content (AvgIpc) is 2.77. The van der Waals surface area contributed by atoms with Crippen molar-refractivity contribution in [2.45, 2.75) is 17.6 Å². The van der Waals surface area contributed by atoms with Crippen LogP contribution >= 0.6 is 11.8 Å². The SMILES string of the molecule is CSC1(c2ccc(C=O)o2)CC1. The van der Waals surface area contributed by atoms with Crippen LogP contribution in [-0.4, -0.2) is 12.5 Å². The predicted molar refractivity (Wildman–Crippen MR) is 48.5 cm³/mol. The minimum absolute atomic E-state index is 0.196. The van der Waals surface area contributed by atoms with E-state index in [0.717, 1.165) is 12.0 Å². The minimum Gasteiger partial charge on any atom is -0.457 e. The summed E-state index contributed by atoms with van der Waals surface area (Å²) >= 11 is 1.81. The van der Waals surface area contributed by atoms with Crippen molar-refractivity contribution < 1.29 is 9.21 Å². The molecule has 0 radical (unpaired) electrons. The van der Waals surface area contributed by atoms with Crippen molar-refractivity contribution in [3.8, 4) is 0 Å². The Morgan fingerprint density at radius 1 is 1.58 bits per heavy atom. The Labute approximate surface area is 75.3 Å². The van der Waals surface area contributed by atoms with E-state index < -0.39 is 0 Å². The molecule has 2 rings (SSSR count). The van der Waals surface area contributed by atoms with Crippen LogP contribution in [0.25, 0.3) is 0 Å². The lowest BCUT2D eigenvalue weighted by Gasteiger charge is -2.06. The first-order chi connectivity index (χ1) is 5.80. The first-order valence-corrected chi connectivity index (χ1v) is 5.14. The number of hydrogen-bond donors (Lipinski definition) is 0. The van der Waals surface area contributed by atoms with E-state index in [1.165, 1.54) is 12.8 Å². The van der Waals surface area contributed by atoms with Gasteiger partial charge >= 0.3 is 0 Å². The second kappa shape index (κ2) is 2.66. The molecule has 0 bridgehead atoms. The van der Waals surface area contributed by atoms with Crippen molar-refractivity contribution >= 4 is 18.0 Å². The molecule has 1 saturated carbocycles. The van der Waals surface area contributed by atoms with E-state index in [9.17, 15) is 4.79 Å². The number of carbonyl (C=O) groups is 1. The molecular weight excluding hydrogens is 172 g/mol. The molecule has 0 aliphatic heterocycles. The van der Waals surface area contributed by atoms with E-state index in [0.29, 0.717) is 5.76 Å². The van der Waals surface area contributed by atoms with Crippen LogP contribution < -0.4 is 0 Å². The number of furan rings is 1. The van der Waals surface area contributed by atoms with Crippen molar-refractivity contribution in [3.05, 3.63) is 23.7 Å². The molecule has 1 aliphatic carbocycles. The second-order valence-electron chi connectivity index (χ2n) is 3.02. The maximum atomic E-state index is 10.4. The van der Waals surface area contributed by atoms with Crippen molar-refractivity contribution in [1.82, 2.24) is 0 Å². The minimum atomic E-state index is 0.196. The average molecular weight is 182 g/mol. The molecule has 1 aliphatic rings. The largest absolute Gasteiger partial charge is 0.457 e. The van der Waals surface area contributed by atoms with Crippen LogP contribution in [0.4, 0.5) is 0 Å². The molecule has 64 valence electrons. The quantitative estimate of drug-likeness (QED) is 0.672. The Hall–Kier alpha value is -0.700. The topological polar surface area (TPSA) is 30.2 Å². The van der Waals surface area contributed by atoms with Crippen molar-refractivity contribution in [1.29, 1.82) is 0 Å². The Kier molecular flexibility index (Phi) is 1.76. The van der Waals surface area contributed by atoms with Gasteiger partial charge < -0.3 is 4.42 Å². The summed E-state index contributed by atoms with van der Waals surface area (Å²) in [5.74, 6) is 1.39. The van der Waals surface area contributed by atoms with Gasteiger partial charge in [0.2, 0.25) is 0 Å². The van der Waals surface area contributed by atoms with E-state index in [4.69, 9.17) is 4.42 Å². The third-order valence-corrected chi connectivity index (χ3v) is 3.68. The molecule has 12 heavy (non-hydrogen) atoms. The van der Waals surface area contributed by atoms with Gasteiger partial charge in [0, 0.05) is 0 Å². The van der Waals surface area contributed by atoms with Crippen LogP contribution in [0.1, 0.15) is 29.2 Å². The van der Waals surface area contributed by atoms with E-state index in [1.54, 1.807) is 17.8 Å². The fourth-order valence-corrected chi connectivity index (χ4v) is 2.15. The lowest BCUT2D eigenvalue weighted by molar-refractivity contribution is 0.109. The molecule has 0 spiro atoms. The number of carbonyl (C=O) groups excluding carboxylic acids is 1. The number of rotatable bonds is 3. The molecular formula is C9H10O2S. The van der Waals surface area contributed by atoms with Gasteiger partial charge in [-0.2, -0.15) is 11.8 Å². The van der Waals surface area contributed by atoms with E-state index >= 15 is 0 Å². The Balaban J connectivity index is 2.28. The lowest BCUT2D eigenvalue weighted by atomic mass is 10.3. The standard InChI is InChI=1S/C9H10O2S/c1-12-9(4-5-9)8-3-2-7(6-10)11-8/h2-3,6H,4-5H2,1H3.